The highest BCUT2D eigenvalue weighted by Crippen LogP contribution is 2.27. The number of ether oxygens (including phenoxy) is 2. The van der Waals surface area contributed by atoms with E-state index in [0.29, 0.717) is 36.9 Å². The highest BCUT2D eigenvalue weighted by Gasteiger charge is 2.24. The molecule has 2 heterocycles. The summed E-state index contributed by atoms with van der Waals surface area (Å²) < 4.78 is 16.3. The molecule has 0 spiro atoms. The Morgan fingerprint density at radius 1 is 1.42 bits per heavy atom. The molecule has 0 saturated carbocycles. The number of urea groups is 1. The average molecular weight is 333 g/mol. The molecule has 0 unspecified atom stereocenters. The van der Waals surface area contributed by atoms with Crippen LogP contribution >= 0.6 is 0 Å². The van der Waals surface area contributed by atoms with Gasteiger partial charge < -0.3 is 24.1 Å². The van der Waals surface area contributed by atoms with Crippen molar-refractivity contribution in [3.05, 3.63) is 24.1 Å². The van der Waals surface area contributed by atoms with Crippen molar-refractivity contribution in [1.82, 2.24) is 9.88 Å². The van der Waals surface area contributed by atoms with Gasteiger partial charge >= 0.3 is 6.03 Å². The molecule has 1 N–H and O–H groups in total. The van der Waals surface area contributed by atoms with Gasteiger partial charge in [-0.25, -0.2) is 9.78 Å². The quantitative estimate of drug-likeness (QED) is 0.914. The Labute approximate surface area is 140 Å². The lowest BCUT2D eigenvalue weighted by Gasteiger charge is -2.31. The molecule has 0 aliphatic carbocycles. The van der Waals surface area contributed by atoms with E-state index in [9.17, 15) is 4.79 Å². The molecule has 1 aromatic carbocycles. The van der Waals surface area contributed by atoms with Crippen molar-refractivity contribution in [2.24, 2.45) is 0 Å². The fourth-order valence-electron chi connectivity index (χ4n) is 2.47. The molecule has 3 rings (SSSR count). The number of rotatable bonds is 2. The molecule has 1 aromatic heterocycles. The summed E-state index contributed by atoms with van der Waals surface area (Å²) >= 11 is 0. The van der Waals surface area contributed by atoms with Crippen molar-refractivity contribution in [1.29, 1.82) is 0 Å². The lowest BCUT2D eigenvalue weighted by Crippen LogP contribution is -2.47. The molecular formula is C17H23N3O4. The normalized spacial score (nSPS) is 18.8. The number of anilines is 1. The van der Waals surface area contributed by atoms with Gasteiger partial charge in [0.2, 0.25) is 5.89 Å². The first-order valence-electron chi connectivity index (χ1n) is 7.98. The van der Waals surface area contributed by atoms with Crippen molar-refractivity contribution < 1.29 is 18.7 Å². The average Bonchev–Trinajstić information content (AvgIpc) is 2.98. The molecule has 1 saturated heterocycles. The van der Waals surface area contributed by atoms with Crippen molar-refractivity contribution in [2.45, 2.75) is 32.5 Å². The molecule has 7 heteroatoms. The monoisotopic (exact) mass is 333 g/mol. The zero-order valence-corrected chi connectivity index (χ0v) is 14.5. The molecule has 7 nitrogen and oxygen atoms in total. The maximum absolute atomic E-state index is 12.4. The number of carbonyl (C=O) groups is 1. The van der Waals surface area contributed by atoms with Gasteiger partial charge in [-0.2, -0.15) is 0 Å². The number of fused-ring (bicyclic) bond motifs is 1. The summed E-state index contributed by atoms with van der Waals surface area (Å²) in [5.74, 6) is 0.678. The molecule has 1 aliphatic rings. The Morgan fingerprint density at radius 2 is 2.21 bits per heavy atom. The number of hydrogen-bond acceptors (Lipinski definition) is 5. The second kappa shape index (κ2) is 6.41. The number of methoxy groups -OCH3 is 1. The molecule has 24 heavy (non-hydrogen) atoms. The molecule has 0 radical (unpaired) electrons. The standard InChI is InChI=1S/C17H23N3O4/c1-17(2,3)15-19-12-9-11(5-6-13(12)24-15)18-16(21)20-7-8-23-14(10-20)22-4/h5-6,9,14H,7-8,10H2,1-4H3,(H,18,21)/t14-/m0/s1. The van der Waals surface area contributed by atoms with Crippen LogP contribution in [0.5, 0.6) is 0 Å². The molecule has 1 aliphatic heterocycles. The van der Waals surface area contributed by atoms with E-state index in [1.54, 1.807) is 12.0 Å². The third-order valence-electron chi connectivity index (χ3n) is 3.86. The second-order valence-corrected chi connectivity index (χ2v) is 6.86. The maximum atomic E-state index is 12.4. The molecule has 1 atom stereocenters. The van der Waals surface area contributed by atoms with Crippen LogP contribution in [0.1, 0.15) is 26.7 Å². The summed E-state index contributed by atoms with van der Waals surface area (Å²) in [6.07, 6.45) is -0.378. The number of oxazole rings is 1. The van der Waals surface area contributed by atoms with Gasteiger partial charge in [0.25, 0.3) is 0 Å². The largest absolute Gasteiger partial charge is 0.440 e. The fraction of sp³-hybridized carbons (Fsp3) is 0.529. The number of amides is 2. The van der Waals surface area contributed by atoms with Gasteiger partial charge in [0.15, 0.2) is 11.9 Å². The number of aromatic nitrogens is 1. The fourth-order valence-corrected chi connectivity index (χ4v) is 2.47. The first kappa shape index (κ1) is 16.7. The lowest BCUT2D eigenvalue weighted by atomic mass is 9.97. The van der Waals surface area contributed by atoms with Gasteiger partial charge in [0.1, 0.15) is 5.52 Å². The highest BCUT2D eigenvalue weighted by molar-refractivity contribution is 5.91. The minimum Gasteiger partial charge on any atom is -0.440 e. The van der Waals surface area contributed by atoms with Crippen LogP contribution < -0.4 is 5.32 Å². The first-order chi connectivity index (χ1) is 11.4. The summed E-state index contributed by atoms with van der Waals surface area (Å²) in [6.45, 7) is 7.54. The summed E-state index contributed by atoms with van der Waals surface area (Å²) in [4.78, 5) is 18.6. The first-order valence-corrected chi connectivity index (χ1v) is 7.98. The topological polar surface area (TPSA) is 76.8 Å². The van der Waals surface area contributed by atoms with Crippen LogP contribution in [-0.2, 0) is 14.9 Å². The lowest BCUT2D eigenvalue weighted by molar-refractivity contribution is -0.155. The smallest absolute Gasteiger partial charge is 0.322 e. The van der Waals surface area contributed by atoms with E-state index in [1.165, 1.54) is 0 Å². The van der Waals surface area contributed by atoms with Crippen LogP contribution in [0.15, 0.2) is 22.6 Å². The zero-order valence-electron chi connectivity index (χ0n) is 14.5. The summed E-state index contributed by atoms with van der Waals surface area (Å²) in [6, 6.07) is 5.27. The Morgan fingerprint density at radius 3 is 2.92 bits per heavy atom. The number of nitrogens with zero attached hydrogens (tertiary/aromatic N) is 2. The molecular weight excluding hydrogens is 310 g/mol. The minimum atomic E-state index is -0.378. The van der Waals surface area contributed by atoms with Crippen molar-refractivity contribution in [3.8, 4) is 0 Å². The van der Waals surface area contributed by atoms with E-state index in [-0.39, 0.29) is 17.7 Å². The van der Waals surface area contributed by atoms with Gasteiger partial charge in [-0.15, -0.1) is 0 Å². The van der Waals surface area contributed by atoms with E-state index in [1.807, 2.05) is 39.0 Å². The summed E-state index contributed by atoms with van der Waals surface area (Å²) in [5.41, 5.74) is 1.96. The number of benzene rings is 1. The van der Waals surface area contributed by atoms with E-state index in [2.05, 4.69) is 10.3 Å². The van der Waals surface area contributed by atoms with Crippen LogP contribution in [0.25, 0.3) is 11.1 Å². The van der Waals surface area contributed by atoms with E-state index in [4.69, 9.17) is 13.9 Å². The molecule has 130 valence electrons. The second-order valence-electron chi connectivity index (χ2n) is 6.86. The zero-order chi connectivity index (χ0) is 17.3. The van der Waals surface area contributed by atoms with E-state index >= 15 is 0 Å². The van der Waals surface area contributed by atoms with Crippen molar-refractivity contribution in [2.75, 3.05) is 32.1 Å². The van der Waals surface area contributed by atoms with Crippen LogP contribution in [0.2, 0.25) is 0 Å². The number of morpholine rings is 1. The van der Waals surface area contributed by atoms with E-state index < -0.39 is 0 Å². The Bertz CT molecular complexity index is 735. The number of hydrogen-bond donors (Lipinski definition) is 1. The van der Waals surface area contributed by atoms with Crippen molar-refractivity contribution in [3.63, 3.8) is 0 Å². The third kappa shape index (κ3) is 3.52. The van der Waals surface area contributed by atoms with Gasteiger partial charge in [-0.05, 0) is 18.2 Å². The van der Waals surface area contributed by atoms with Crippen LogP contribution in [0.3, 0.4) is 0 Å². The van der Waals surface area contributed by atoms with Gasteiger partial charge in [0.05, 0.1) is 13.2 Å². The Hall–Kier alpha value is -2.12. The molecule has 2 aromatic rings. The van der Waals surface area contributed by atoms with Crippen LogP contribution in [0.4, 0.5) is 10.5 Å². The maximum Gasteiger partial charge on any atom is 0.322 e. The van der Waals surface area contributed by atoms with Gasteiger partial charge in [0, 0.05) is 24.8 Å². The predicted octanol–water partition coefficient (Wildman–Crippen LogP) is 2.96. The van der Waals surface area contributed by atoms with Crippen LogP contribution in [0, 0.1) is 0 Å². The van der Waals surface area contributed by atoms with E-state index in [0.717, 1.165) is 5.52 Å². The minimum absolute atomic E-state index is 0.161. The predicted molar refractivity (Wildman–Crippen MR) is 90.0 cm³/mol. The molecule has 0 bridgehead atoms. The van der Waals surface area contributed by atoms with Gasteiger partial charge in [-0.3, -0.25) is 0 Å². The van der Waals surface area contributed by atoms with Gasteiger partial charge in [-0.1, -0.05) is 20.8 Å². The third-order valence-corrected chi connectivity index (χ3v) is 3.86. The summed E-state index contributed by atoms with van der Waals surface area (Å²) in [7, 11) is 1.57. The van der Waals surface area contributed by atoms with Crippen molar-refractivity contribution >= 4 is 22.8 Å². The number of carbonyl (C=O) groups excluding carboxylic acids is 1. The number of nitrogens with one attached hydrogen (secondary N) is 1. The molecule has 1 fully saturated rings. The Kier molecular flexibility index (Phi) is 4.47. The highest BCUT2D eigenvalue weighted by atomic mass is 16.7. The Balaban J connectivity index is 1.74. The summed E-state index contributed by atoms with van der Waals surface area (Å²) in [5, 5.41) is 2.89. The molecule has 2 amide bonds. The van der Waals surface area contributed by atoms with Crippen LogP contribution in [-0.4, -0.2) is 49.0 Å². The SMILES string of the molecule is CO[C@@H]1CN(C(=O)Nc2ccc3oc(C(C)(C)C)nc3c2)CCO1.